The zero-order valence-corrected chi connectivity index (χ0v) is 37.0. The molecule has 1 fully saturated rings. The number of primary amides is 1. The highest BCUT2D eigenvalue weighted by Crippen LogP contribution is 2.48. The molecule has 0 aromatic heterocycles. The Morgan fingerprint density at radius 1 is 0.516 bits per heavy atom. The summed E-state index contributed by atoms with van der Waals surface area (Å²) in [6.07, 6.45) is 2.61. The lowest BCUT2D eigenvalue weighted by molar-refractivity contribution is -0.169. The summed E-state index contributed by atoms with van der Waals surface area (Å²) in [6, 6.07) is 45.4. The number of carbonyl (C=O) groups is 2. The number of amides is 2. The molecule has 332 valence electrons. The predicted octanol–water partition coefficient (Wildman–Crippen LogP) is 8.38. The summed E-state index contributed by atoms with van der Waals surface area (Å²) in [7, 11) is 6.29. The molecule has 2 amide bonds. The molecule has 10 heteroatoms. The molecule has 6 aromatic rings. The van der Waals surface area contributed by atoms with E-state index >= 15 is 4.79 Å². The predicted molar refractivity (Wildman–Crippen MR) is 247 cm³/mol. The van der Waals surface area contributed by atoms with Gasteiger partial charge in [-0.3, -0.25) is 9.59 Å². The topological polar surface area (TPSA) is 141 Å². The van der Waals surface area contributed by atoms with E-state index in [0.29, 0.717) is 58.1 Å². The number of methoxy groups -OCH3 is 4. The van der Waals surface area contributed by atoms with Crippen molar-refractivity contribution in [2.75, 3.05) is 28.4 Å². The van der Waals surface area contributed by atoms with Crippen LogP contribution in [0.3, 0.4) is 0 Å². The average molecular weight is 863 g/mol. The molecule has 0 radical (unpaired) electrons. The number of ether oxygens (including phenoxy) is 4. The highest BCUT2D eigenvalue weighted by molar-refractivity contribution is 6.05. The third-order valence-corrected chi connectivity index (χ3v) is 13.1. The fourth-order valence-electron chi connectivity index (χ4n) is 9.52. The SMILES string of the molecule is COc1ccc(C(O)(c2ccc(OC)cc2)[C@@H](Cc2ccccc2)N(C(=O)C2(C(N)=O)CCCCC2)[C@H](Cc2ccccc2)C(O)(c2ccc(OC)cc2)c2ccc(OC)cc2)cc1. The van der Waals surface area contributed by atoms with Crippen molar-refractivity contribution >= 4 is 11.8 Å². The highest BCUT2D eigenvalue weighted by Gasteiger charge is 2.58. The van der Waals surface area contributed by atoms with E-state index in [1.54, 1.807) is 130 Å². The van der Waals surface area contributed by atoms with Gasteiger partial charge in [0.05, 0.1) is 40.5 Å². The number of nitrogens with zero attached hydrogens (tertiary/aromatic N) is 1. The van der Waals surface area contributed by atoms with Gasteiger partial charge in [0.2, 0.25) is 11.8 Å². The van der Waals surface area contributed by atoms with Gasteiger partial charge in [-0.25, -0.2) is 0 Å². The van der Waals surface area contributed by atoms with Gasteiger partial charge in [-0.2, -0.15) is 0 Å². The number of aliphatic hydroxyl groups is 2. The Morgan fingerprint density at radius 3 is 1.08 bits per heavy atom. The Kier molecular flexibility index (Phi) is 14.1. The number of carbonyl (C=O) groups excluding carboxylic acids is 2. The van der Waals surface area contributed by atoms with E-state index in [2.05, 4.69) is 0 Å². The third kappa shape index (κ3) is 8.94. The Bertz CT molecular complexity index is 2190. The minimum absolute atomic E-state index is 0.0859. The number of rotatable bonds is 18. The molecule has 4 N–H and O–H groups in total. The molecule has 2 atom stereocenters. The molecule has 1 saturated carbocycles. The van der Waals surface area contributed by atoms with E-state index in [9.17, 15) is 15.0 Å². The molecule has 0 aliphatic heterocycles. The Morgan fingerprint density at radius 2 is 0.812 bits per heavy atom. The number of hydrogen-bond acceptors (Lipinski definition) is 8. The lowest BCUT2D eigenvalue weighted by Gasteiger charge is -2.53. The van der Waals surface area contributed by atoms with Crippen molar-refractivity contribution in [3.05, 3.63) is 191 Å². The second-order valence-corrected chi connectivity index (χ2v) is 16.6. The molecule has 0 bridgehead atoms. The summed E-state index contributed by atoms with van der Waals surface area (Å²) in [5.41, 5.74) is 4.17. The lowest BCUT2D eigenvalue weighted by atomic mass is 9.68. The van der Waals surface area contributed by atoms with Crippen LogP contribution < -0.4 is 24.7 Å². The van der Waals surface area contributed by atoms with Crippen molar-refractivity contribution in [1.29, 1.82) is 0 Å². The normalized spacial score (nSPS) is 14.7. The van der Waals surface area contributed by atoms with E-state index in [0.717, 1.165) is 17.5 Å². The fourth-order valence-corrected chi connectivity index (χ4v) is 9.52. The number of nitrogens with two attached hydrogens (primary N) is 1. The van der Waals surface area contributed by atoms with Crippen molar-refractivity contribution in [3.8, 4) is 23.0 Å². The van der Waals surface area contributed by atoms with Gasteiger partial charge < -0.3 is 39.8 Å². The van der Waals surface area contributed by atoms with Gasteiger partial charge in [0.15, 0.2) is 0 Å². The first-order valence-electron chi connectivity index (χ1n) is 21.7. The molecule has 10 nitrogen and oxygen atoms in total. The van der Waals surface area contributed by atoms with Crippen molar-refractivity contribution in [1.82, 2.24) is 4.90 Å². The van der Waals surface area contributed by atoms with Crippen LogP contribution in [0.25, 0.3) is 0 Å². The lowest BCUT2D eigenvalue weighted by Crippen LogP contribution is -2.67. The summed E-state index contributed by atoms with van der Waals surface area (Å²) in [4.78, 5) is 32.5. The number of hydrogen-bond donors (Lipinski definition) is 3. The van der Waals surface area contributed by atoms with Crippen LogP contribution in [-0.4, -0.2) is 67.5 Å². The first-order chi connectivity index (χ1) is 31.0. The van der Waals surface area contributed by atoms with Gasteiger partial charge in [-0.15, -0.1) is 0 Å². The van der Waals surface area contributed by atoms with Crippen molar-refractivity contribution in [2.45, 2.75) is 68.2 Å². The third-order valence-electron chi connectivity index (χ3n) is 13.1. The first-order valence-corrected chi connectivity index (χ1v) is 21.7. The van der Waals surface area contributed by atoms with Gasteiger partial charge in [0.1, 0.15) is 39.6 Å². The summed E-state index contributed by atoms with van der Waals surface area (Å²) in [5, 5.41) is 28.6. The zero-order valence-electron chi connectivity index (χ0n) is 37.0. The maximum Gasteiger partial charge on any atom is 0.239 e. The van der Waals surface area contributed by atoms with Gasteiger partial charge >= 0.3 is 0 Å². The molecule has 0 spiro atoms. The quantitative estimate of drug-likeness (QED) is 0.0733. The van der Waals surface area contributed by atoms with Crippen molar-refractivity contribution < 1.29 is 38.7 Å². The standard InChI is InChI=1S/C54H58N2O8/c1-61-44-26-18-40(19-27-44)53(59,41-20-28-45(62-2)29-21-41)48(36-38-14-8-5-9-15-38)56(51(58)52(50(55)57)34-12-7-13-35-52)49(37-39-16-10-6-11-17-39)54(60,42-22-30-46(63-3)31-23-42)43-24-32-47(64-4)33-25-43/h5-6,8-11,14-33,48-49,59-60H,7,12-13,34-37H2,1-4H3,(H2,55,57)/t48-,49-/m1/s1. The van der Waals surface area contributed by atoms with Crippen LogP contribution in [0.4, 0.5) is 0 Å². The minimum Gasteiger partial charge on any atom is -0.497 e. The van der Waals surface area contributed by atoms with Crippen LogP contribution in [-0.2, 0) is 33.6 Å². The van der Waals surface area contributed by atoms with E-state index in [1.807, 2.05) is 60.7 Å². The Balaban J connectivity index is 1.64. The van der Waals surface area contributed by atoms with E-state index < -0.39 is 40.5 Å². The molecule has 1 aliphatic carbocycles. The Hall–Kier alpha value is -6.62. The van der Waals surface area contributed by atoms with Gasteiger partial charge in [-0.05, 0) is 108 Å². The Labute approximate surface area is 376 Å². The summed E-state index contributed by atoms with van der Waals surface area (Å²) >= 11 is 0. The van der Waals surface area contributed by atoms with E-state index in [4.69, 9.17) is 24.7 Å². The monoisotopic (exact) mass is 862 g/mol. The maximum absolute atomic E-state index is 16.7. The molecule has 0 heterocycles. The zero-order chi connectivity index (χ0) is 45.3. The molecule has 0 saturated heterocycles. The van der Waals surface area contributed by atoms with Gasteiger partial charge in [0, 0.05) is 0 Å². The van der Waals surface area contributed by atoms with Gasteiger partial charge in [-0.1, -0.05) is 128 Å². The van der Waals surface area contributed by atoms with E-state index in [-0.39, 0.29) is 25.7 Å². The minimum atomic E-state index is -2.02. The molecule has 6 aromatic carbocycles. The molecule has 7 rings (SSSR count). The molecule has 64 heavy (non-hydrogen) atoms. The summed E-state index contributed by atoms with van der Waals surface area (Å²) in [6.45, 7) is 0. The molecule has 1 aliphatic rings. The van der Waals surface area contributed by atoms with Gasteiger partial charge in [0.25, 0.3) is 0 Å². The van der Waals surface area contributed by atoms with Crippen LogP contribution in [0, 0.1) is 5.41 Å². The van der Waals surface area contributed by atoms with Crippen LogP contribution in [0.15, 0.2) is 158 Å². The van der Waals surface area contributed by atoms with Crippen molar-refractivity contribution in [3.63, 3.8) is 0 Å². The number of benzene rings is 6. The summed E-state index contributed by atoms with van der Waals surface area (Å²) in [5.74, 6) is 0.964. The molecular weight excluding hydrogens is 805 g/mol. The average Bonchev–Trinajstić information content (AvgIpc) is 3.36. The fraction of sp³-hybridized carbons (Fsp3) is 0.296. The smallest absolute Gasteiger partial charge is 0.239 e. The molecular formula is C54H58N2O8. The second-order valence-electron chi connectivity index (χ2n) is 16.6. The van der Waals surface area contributed by atoms with Crippen molar-refractivity contribution in [2.24, 2.45) is 11.1 Å². The van der Waals surface area contributed by atoms with Crippen LogP contribution in [0.1, 0.15) is 65.5 Å². The second kappa shape index (κ2) is 19.8. The van der Waals surface area contributed by atoms with E-state index in [1.165, 1.54) is 0 Å². The highest BCUT2D eigenvalue weighted by atomic mass is 16.5. The molecule has 0 unspecified atom stereocenters. The van der Waals surface area contributed by atoms with Crippen LogP contribution in [0.2, 0.25) is 0 Å². The van der Waals surface area contributed by atoms with Crippen LogP contribution in [0.5, 0.6) is 23.0 Å². The summed E-state index contributed by atoms with van der Waals surface area (Å²) < 4.78 is 22.4. The van der Waals surface area contributed by atoms with Crippen LogP contribution >= 0.6 is 0 Å². The maximum atomic E-state index is 16.7. The first kappa shape index (κ1) is 45.4. The largest absolute Gasteiger partial charge is 0.497 e.